The fourth-order valence-electron chi connectivity index (χ4n) is 1.99. The molecule has 0 aliphatic rings. The van der Waals surface area contributed by atoms with Gasteiger partial charge in [-0.3, -0.25) is 4.98 Å². The van der Waals surface area contributed by atoms with Crippen molar-refractivity contribution in [3.63, 3.8) is 0 Å². The number of benzene rings is 1. The molecule has 0 aliphatic heterocycles. The Morgan fingerprint density at radius 3 is 2.75 bits per heavy atom. The van der Waals surface area contributed by atoms with Crippen LogP contribution in [0.5, 0.6) is 5.75 Å². The zero-order chi connectivity index (χ0) is 14.7. The molecule has 1 aromatic heterocycles. The van der Waals surface area contributed by atoms with Crippen LogP contribution in [-0.4, -0.2) is 9.97 Å². The summed E-state index contributed by atoms with van der Waals surface area (Å²) in [6, 6.07) is 9.83. The molecule has 0 aliphatic carbocycles. The second-order valence-corrected chi connectivity index (χ2v) is 5.86. The molecule has 3 nitrogen and oxygen atoms in total. The van der Waals surface area contributed by atoms with Crippen LogP contribution in [0.2, 0.25) is 0 Å². The van der Waals surface area contributed by atoms with Gasteiger partial charge in [0.25, 0.3) is 0 Å². The van der Waals surface area contributed by atoms with Crippen LogP contribution < -0.4 is 10.5 Å². The lowest BCUT2D eigenvalue weighted by molar-refractivity contribution is 0.304. The van der Waals surface area contributed by atoms with Gasteiger partial charge >= 0.3 is 0 Å². The summed E-state index contributed by atoms with van der Waals surface area (Å²) in [7, 11) is 0. The highest BCUT2D eigenvalue weighted by molar-refractivity contribution is 9.10. The summed E-state index contributed by atoms with van der Waals surface area (Å²) in [5.74, 6) is 0.683. The first-order valence-electron chi connectivity index (χ1n) is 6.12. The largest absolute Gasteiger partial charge is 0.488 e. The van der Waals surface area contributed by atoms with Crippen molar-refractivity contribution >= 4 is 33.1 Å². The summed E-state index contributed by atoms with van der Waals surface area (Å²) in [4.78, 5) is 4.67. The fraction of sp³-hybridized carbons (Fsp3) is 0.200. The minimum atomic E-state index is 0.305. The first-order valence-corrected chi connectivity index (χ1v) is 7.33. The van der Waals surface area contributed by atoms with Crippen molar-refractivity contribution in [2.45, 2.75) is 20.5 Å². The van der Waals surface area contributed by atoms with Crippen LogP contribution in [0.1, 0.15) is 22.5 Å². The number of hydrogen-bond acceptors (Lipinski definition) is 3. The number of nitrogens with zero attached hydrogens (tertiary/aromatic N) is 1. The van der Waals surface area contributed by atoms with Crippen molar-refractivity contribution in [3.8, 4) is 5.75 Å². The summed E-state index contributed by atoms with van der Waals surface area (Å²) in [6.45, 7) is 4.26. The van der Waals surface area contributed by atoms with Gasteiger partial charge in [0.2, 0.25) is 0 Å². The number of ether oxygens (including phenoxy) is 1. The molecule has 104 valence electrons. The first kappa shape index (κ1) is 14.9. The Hall–Kier alpha value is -1.46. The van der Waals surface area contributed by atoms with Crippen LogP contribution in [0.3, 0.4) is 0 Å². The molecule has 0 spiro atoms. The molecule has 0 unspecified atom stereocenters. The van der Waals surface area contributed by atoms with Gasteiger partial charge in [-0.05, 0) is 31.5 Å². The van der Waals surface area contributed by atoms with E-state index >= 15 is 0 Å². The highest BCUT2D eigenvalue weighted by Crippen LogP contribution is 2.23. The molecule has 0 atom stereocenters. The second kappa shape index (κ2) is 6.33. The first-order chi connectivity index (χ1) is 9.47. The number of thiocarbonyl (C=S) groups is 1. The molecular weight excluding hydrogens is 336 g/mol. The molecule has 1 heterocycles. The number of hydrogen-bond donors (Lipinski definition) is 1. The summed E-state index contributed by atoms with van der Waals surface area (Å²) in [6.07, 6.45) is 0. The maximum Gasteiger partial charge on any atom is 0.133 e. The number of aryl methyl sites for hydroxylation is 2. The van der Waals surface area contributed by atoms with Crippen LogP contribution in [0.4, 0.5) is 0 Å². The predicted octanol–water partition coefficient (Wildman–Crippen LogP) is 3.67. The standard InChI is InChI=1S/C15H15BrN2OS/c1-9-6-13(14(15(17)20)10(2)18-9)19-8-11-4-3-5-12(16)7-11/h3-7H,8H2,1-2H3,(H2,17,20). The molecule has 1 aromatic carbocycles. The summed E-state index contributed by atoms with van der Waals surface area (Å²) < 4.78 is 6.90. The predicted molar refractivity (Wildman–Crippen MR) is 88.1 cm³/mol. The van der Waals surface area contributed by atoms with Gasteiger partial charge < -0.3 is 10.5 Å². The van der Waals surface area contributed by atoms with Crippen molar-refractivity contribution in [3.05, 3.63) is 57.3 Å². The maximum absolute atomic E-state index is 5.87. The number of nitrogens with two attached hydrogens (primary N) is 1. The minimum absolute atomic E-state index is 0.305. The van der Waals surface area contributed by atoms with Gasteiger partial charge in [-0.25, -0.2) is 0 Å². The Morgan fingerprint density at radius 2 is 2.10 bits per heavy atom. The van der Waals surface area contributed by atoms with Crippen molar-refractivity contribution in [1.29, 1.82) is 0 Å². The Morgan fingerprint density at radius 1 is 1.35 bits per heavy atom. The van der Waals surface area contributed by atoms with E-state index in [1.807, 2.05) is 44.2 Å². The van der Waals surface area contributed by atoms with Crippen LogP contribution >= 0.6 is 28.1 Å². The number of halogens is 1. The van der Waals surface area contributed by atoms with E-state index in [0.717, 1.165) is 21.4 Å². The second-order valence-electron chi connectivity index (χ2n) is 4.51. The van der Waals surface area contributed by atoms with Crippen molar-refractivity contribution in [2.75, 3.05) is 0 Å². The van der Waals surface area contributed by atoms with Gasteiger partial charge in [-0.2, -0.15) is 0 Å². The average Bonchev–Trinajstić information content (AvgIpc) is 2.35. The molecule has 5 heteroatoms. The molecular formula is C15H15BrN2OS. The van der Waals surface area contributed by atoms with Gasteiger partial charge in [0, 0.05) is 16.2 Å². The molecule has 2 aromatic rings. The Labute approximate surface area is 132 Å². The highest BCUT2D eigenvalue weighted by atomic mass is 79.9. The lowest BCUT2D eigenvalue weighted by Gasteiger charge is -2.13. The monoisotopic (exact) mass is 350 g/mol. The Balaban J connectivity index is 2.27. The van der Waals surface area contributed by atoms with Gasteiger partial charge in [-0.1, -0.05) is 40.3 Å². The summed E-state index contributed by atoms with van der Waals surface area (Å²) >= 11 is 8.53. The van der Waals surface area contributed by atoms with Gasteiger partial charge in [0.1, 0.15) is 17.3 Å². The van der Waals surface area contributed by atoms with Crippen molar-refractivity contribution in [1.82, 2.24) is 4.98 Å². The van der Waals surface area contributed by atoms with E-state index in [4.69, 9.17) is 22.7 Å². The third-order valence-corrected chi connectivity index (χ3v) is 3.52. The molecule has 2 N–H and O–H groups in total. The number of rotatable bonds is 4. The molecule has 0 radical (unpaired) electrons. The average molecular weight is 351 g/mol. The highest BCUT2D eigenvalue weighted by Gasteiger charge is 2.12. The van der Waals surface area contributed by atoms with E-state index in [2.05, 4.69) is 20.9 Å². The minimum Gasteiger partial charge on any atom is -0.488 e. The van der Waals surface area contributed by atoms with Gasteiger partial charge in [-0.15, -0.1) is 0 Å². The van der Waals surface area contributed by atoms with E-state index in [9.17, 15) is 0 Å². The Kier molecular flexibility index (Phi) is 4.73. The van der Waals surface area contributed by atoms with E-state index in [0.29, 0.717) is 22.9 Å². The summed E-state index contributed by atoms with van der Waals surface area (Å²) in [5, 5.41) is 0. The van der Waals surface area contributed by atoms with Crippen LogP contribution in [0.25, 0.3) is 0 Å². The normalized spacial score (nSPS) is 10.3. The van der Waals surface area contributed by atoms with Gasteiger partial charge in [0.05, 0.1) is 11.3 Å². The van der Waals surface area contributed by atoms with E-state index in [1.54, 1.807) is 0 Å². The molecule has 2 rings (SSSR count). The third kappa shape index (κ3) is 3.55. The summed E-state index contributed by atoms with van der Waals surface area (Å²) in [5.41, 5.74) is 9.22. The maximum atomic E-state index is 5.87. The molecule has 20 heavy (non-hydrogen) atoms. The zero-order valence-electron chi connectivity index (χ0n) is 11.3. The zero-order valence-corrected chi connectivity index (χ0v) is 13.7. The van der Waals surface area contributed by atoms with Crippen LogP contribution in [0, 0.1) is 13.8 Å². The molecule has 0 saturated heterocycles. The topological polar surface area (TPSA) is 48.1 Å². The van der Waals surface area contributed by atoms with E-state index in [-0.39, 0.29) is 0 Å². The number of pyridine rings is 1. The molecule has 0 amide bonds. The smallest absolute Gasteiger partial charge is 0.133 e. The molecule has 0 fully saturated rings. The van der Waals surface area contributed by atoms with Gasteiger partial charge in [0.15, 0.2) is 0 Å². The van der Waals surface area contributed by atoms with Crippen LogP contribution in [0.15, 0.2) is 34.8 Å². The van der Waals surface area contributed by atoms with E-state index < -0.39 is 0 Å². The third-order valence-electron chi connectivity index (χ3n) is 2.82. The van der Waals surface area contributed by atoms with Crippen molar-refractivity contribution < 1.29 is 4.74 Å². The molecule has 0 saturated carbocycles. The van der Waals surface area contributed by atoms with Crippen LogP contribution in [-0.2, 0) is 6.61 Å². The van der Waals surface area contributed by atoms with E-state index in [1.165, 1.54) is 0 Å². The Bertz CT molecular complexity index is 658. The lowest BCUT2D eigenvalue weighted by atomic mass is 10.1. The van der Waals surface area contributed by atoms with Crippen molar-refractivity contribution in [2.24, 2.45) is 5.73 Å². The fourth-order valence-corrected chi connectivity index (χ4v) is 2.69. The lowest BCUT2D eigenvalue weighted by Crippen LogP contribution is -2.15. The molecule has 0 bridgehead atoms. The number of aromatic nitrogens is 1. The quantitative estimate of drug-likeness (QED) is 0.854. The SMILES string of the molecule is Cc1cc(OCc2cccc(Br)c2)c(C(N)=S)c(C)n1.